The minimum absolute atomic E-state index is 0. The molecule has 1 heteroatoms. The normalized spacial score (nSPS) is 16.4. The summed E-state index contributed by atoms with van der Waals surface area (Å²) in [6, 6.07) is 37.1. The molecular weight excluding hydrogens is 563 g/mol. The maximum absolute atomic E-state index is 3.43. The van der Waals surface area contributed by atoms with Crippen LogP contribution in [0.3, 0.4) is 0 Å². The van der Waals surface area contributed by atoms with Gasteiger partial charge in [-0.05, 0) is 35.8 Å². The van der Waals surface area contributed by atoms with Crippen molar-refractivity contribution in [1.29, 1.82) is 0 Å². The Balaban J connectivity index is 0.000000152. The summed E-state index contributed by atoms with van der Waals surface area (Å²) in [5, 5.41) is 0. The Hall–Kier alpha value is -2.25. The van der Waals surface area contributed by atoms with Crippen LogP contribution in [-0.2, 0) is 25.8 Å². The van der Waals surface area contributed by atoms with Gasteiger partial charge in [-0.2, -0.15) is 48.5 Å². The first-order valence-electron chi connectivity index (χ1n) is 12.0. The van der Waals surface area contributed by atoms with Gasteiger partial charge in [0.2, 0.25) is 0 Å². The van der Waals surface area contributed by atoms with E-state index in [0.29, 0.717) is 11.8 Å². The van der Waals surface area contributed by atoms with Crippen LogP contribution in [0, 0.1) is 12.1 Å². The summed E-state index contributed by atoms with van der Waals surface area (Å²) in [6.07, 6.45) is 4.90. The van der Waals surface area contributed by atoms with E-state index in [1.807, 2.05) is 12.1 Å². The molecule has 4 aromatic carbocycles. The maximum Gasteiger partial charge on any atom is 0 e. The predicted molar refractivity (Wildman–Crippen MR) is 135 cm³/mol. The Morgan fingerprint density at radius 3 is 1.36 bits per heavy atom. The second-order valence-corrected chi connectivity index (χ2v) is 8.85. The van der Waals surface area contributed by atoms with Crippen LogP contribution in [0.2, 0.25) is 0 Å². The van der Waals surface area contributed by atoms with Crippen LogP contribution in [0.25, 0.3) is 22.3 Å². The van der Waals surface area contributed by atoms with E-state index in [9.17, 15) is 0 Å². The van der Waals surface area contributed by atoms with Crippen molar-refractivity contribution >= 4 is 0 Å². The van der Waals surface area contributed by atoms with Gasteiger partial charge in [0, 0.05) is 25.8 Å². The molecule has 0 fully saturated rings. The first kappa shape index (κ1) is 23.9. The Labute approximate surface area is 217 Å². The number of fused-ring (bicyclic) bond motifs is 6. The molecule has 2 atom stereocenters. The van der Waals surface area contributed by atoms with Crippen molar-refractivity contribution < 1.29 is 25.8 Å². The molecule has 0 bridgehead atoms. The standard InChI is InChI=1S/2C16H15.Hf/c2*1-2-7-12-13-8-3-5-10-15(13)16-11-6-4-9-14(12)16;/h2*3-6,8,10-12H,2,7H2,1H3;/q2*-1;. The number of hydrogen-bond donors (Lipinski definition) is 0. The maximum atomic E-state index is 3.43. The molecule has 0 heterocycles. The molecule has 0 saturated heterocycles. The third kappa shape index (κ3) is 4.45. The van der Waals surface area contributed by atoms with Crippen molar-refractivity contribution in [3.05, 3.63) is 119 Å². The third-order valence-electron chi connectivity index (χ3n) is 6.88. The Morgan fingerprint density at radius 1 is 0.545 bits per heavy atom. The van der Waals surface area contributed by atoms with E-state index in [2.05, 4.69) is 98.8 Å². The van der Waals surface area contributed by atoms with E-state index in [1.165, 1.54) is 70.2 Å². The van der Waals surface area contributed by atoms with Gasteiger partial charge >= 0.3 is 0 Å². The van der Waals surface area contributed by atoms with Crippen molar-refractivity contribution in [2.45, 2.75) is 51.4 Å². The zero-order valence-electron chi connectivity index (χ0n) is 19.6. The largest absolute Gasteiger partial charge is 0.179 e. The van der Waals surface area contributed by atoms with Gasteiger partial charge in [0.15, 0.2) is 0 Å². The molecule has 2 aliphatic rings. The summed E-state index contributed by atoms with van der Waals surface area (Å²) in [7, 11) is 0. The zero-order chi connectivity index (χ0) is 21.9. The van der Waals surface area contributed by atoms with Crippen molar-refractivity contribution in [3.63, 3.8) is 0 Å². The van der Waals surface area contributed by atoms with Crippen molar-refractivity contribution in [1.82, 2.24) is 0 Å². The molecule has 6 rings (SSSR count). The van der Waals surface area contributed by atoms with Crippen LogP contribution in [0.4, 0.5) is 0 Å². The molecular formula is C32H30Hf-2. The molecule has 0 nitrogen and oxygen atoms in total. The van der Waals surface area contributed by atoms with Crippen LogP contribution in [0.5, 0.6) is 0 Å². The van der Waals surface area contributed by atoms with E-state index in [-0.39, 0.29) is 25.8 Å². The van der Waals surface area contributed by atoms with Gasteiger partial charge in [-0.25, -0.2) is 0 Å². The van der Waals surface area contributed by atoms with Crippen molar-refractivity contribution in [2.75, 3.05) is 0 Å². The fourth-order valence-corrected chi connectivity index (χ4v) is 5.53. The van der Waals surface area contributed by atoms with Crippen LogP contribution < -0.4 is 0 Å². The molecule has 4 aromatic rings. The van der Waals surface area contributed by atoms with E-state index < -0.39 is 0 Å². The molecule has 0 amide bonds. The minimum Gasteiger partial charge on any atom is -0.179 e. The first-order chi connectivity index (χ1) is 15.8. The quantitative estimate of drug-likeness (QED) is 0.164. The summed E-state index contributed by atoms with van der Waals surface area (Å²) in [4.78, 5) is 0. The van der Waals surface area contributed by atoms with E-state index >= 15 is 0 Å². The summed E-state index contributed by atoms with van der Waals surface area (Å²) in [5.74, 6) is 1.13. The van der Waals surface area contributed by atoms with Gasteiger partial charge in [-0.1, -0.05) is 86.3 Å². The molecule has 0 aromatic heterocycles. The van der Waals surface area contributed by atoms with Crippen LogP contribution in [0.15, 0.2) is 84.9 Å². The Kier molecular flexibility index (Phi) is 7.81. The minimum atomic E-state index is 0. The summed E-state index contributed by atoms with van der Waals surface area (Å²) >= 11 is 0. The van der Waals surface area contributed by atoms with E-state index in [4.69, 9.17) is 0 Å². The molecule has 0 N–H and O–H groups in total. The molecule has 0 radical (unpaired) electrons. The fraction of sp³-hybridized carbons (Fsp3) is 0.250. The fourth-order valence-electron chi connectivity index (χ4n) is 5.53. The molecule has 33 heavy (non-hydrogen) atoms. The van der Waals surface area contributed by atoms with Gasteiger partial charge in [-0.3, -0.25) is 0 Å². The smallest absolute Gasteiger partial charge is 0 e. The summed E-state index contributed by atoms with van der Waals surface area (Å²) in [5.41, 5.74) is 11.4. The zero-order valence-corrected chi connectivity index (χ0v) is 23.2. The van der Waals surface area contributed by atoms with Crippen LogP contribution >= 0.6 is 0 Å². The van der Waals surface area contributed by atoms with Gasteiger partial charge in [0.25, 0.3) is 0 Å². The summed E-state index contributed by atoms with van der Waals surface area (Å²) in [6.45, 7) is 4.51. The third-order valence-corrected chi connectivity index (χ3v) is 6.88. The van der Waals surface area contributed by atoms with Crippen molar-refractivity contribution in [2.24, 2.45) is 0 Å². The summed E-state index contributed by atoms with van der Waals surface area (Å²) < 4.78 is 0. The van der Waals surface area contributed by atoms with E-state index in [0.717, 1.165) is 0 Å². The topological polar surface area (TPSA) is 0 Å². The van der Waals surface area contributed by atoms with Gasteiger partial charge in [-0.15, -0.1) is 22.3 Å². The second kappa shape index (κ2) is 10.8. The molecule has 2 unspecified atom stereocenters. The molecule has 0 saturated carbocycles. The molecule has 164 valence electrons. The number of hydrogen-bond acceptors (Lipinski definition) is 0. The number of rotatable bonds is 4. The first-order valence-corrected chi connectivity index (χ1v) is 12.0. The van der Waals surface area contributed by atoms with Crippen LogP contribution in [-0.4, -0.2) is 0 Å². The average molecular weight is 593 g/mol. The van der Waals surface area contributed by atoms with E-state index in [1.54, 1.807) is 0 Å². The van der Waals surface area contributed by atoms with Gasteiger partial charge in [0.05, 0.1) is 0 Å². The number of benzene rings is 4. The molecule has 0 aliphatic heterocycles. The molecule has 2 aliphatic carbocycles. The SMILES string of the molecule is CCCC1c2[c-]cccc2-c2ccccc21.CCCC1c2[c-]cccc2-c2ccccc21.[Hf]. The monoisotopic (exact) mass is 594 g/mol. The Bertz CT molecular complexity index is 1030. The average Bonchev–Trinajstić information content (AvgIpc) is 3.34. The van der Waals surface area contributed by atoms with Gasteiger partial charge < -0.3 is 0 Å². The van der Waals surface area contributed by atoms with Crippen molar-refractivity contribution in [3.8, 4) is 22.3 Å². The molecule has 0 spiro atoms. The van der Waals surface area contributed by atoms with Crippen LogP contribution in [0.1, 0.15) is 73.6 Å². The van der Waals surface area contributed by atoms with Gasteiger partial charge in [0.1, 0.15) is 0 Å². The predicted octanol–water partition coefficient (Wildman–Crippen LogP) is 8.80. The second-order valence-electron chi connectivity index (χ2n) is 8.85. The Morgan fingerprint density at radius 2 is 0.939 bits per heavy atom.